The molecule has 1 unspecified atom stereocenters. The van der Waals surface area contributed by atoms with Gasteiger partial charge in [0.25, 0.3) is 0 Å². The van der Waals surface area contributed by atoms with Crippen molar-refractivity contribution in [2.75, 3.05) is 32.1 Å². The molecule has 3 rings (SSSR count). The summed E-state index contributed by atoms with van der Waals surface area (Å²) < 4.78 is 0.667. The summed E-state index contributed by atoms with van der Waals surface area (Å²) in [6.45, 7) is 3.59. The number of thiophene rings is 1. The molecule has 0 spiro atoms. The average Bonchev–Trinajstić information content (AvgIpc) is 3.15. The summed E-state index contributed by atoms with van der Waals surface area (Å²) in [5.74, 6) is 1.55. The van der Waals surface area contributed by atoms with Gasteiger partial charge >= 0.3 is 0 Å². The van der Waals surface area contributed by atoms with Crippen molar-refractivity contribution < 1.29 is 5.11 Å². The monoisotopic (exact) mass is 559 g/mol. The topological polar surface area (TPSA) is 72.8 Å². The Hall–Kier alpha value is -1.62. The van der Waals surface area contributed by atoms with Gasteiger partial charge in [0.15, 0.2) is 5.96 Å². The zero-order valence-electron chi connectivity index (χ0n) is 17.2. The molecular formula is C21H27ClIN5OS. The number of rotatable bonds is 7. The molecule has 0 saturated heterocycles. The van der Waals surface area contributed by atoms with Gasteiger partial charge in [-0.3, -0.25) is 0 Å². The summed E-state index contributed by atoms with van der Waals surface area (Å²) in [5, 5.41) is 17.9. The zero-order valence-corrected chi connectivity index (χ0v) is 21.1. The molecule has 0 saturated carbocycles. The first-order chi connectivity index (χ1) is 14.0. The van der Waals surface area contributed by atoms with Crippen LogP contribution in [0.2, 0.25) is 4.34 Å². The average molecular weight is 560 g/mol. The number of nitrogens with one attached hydrogen (secondary N) is 2. The largest absolute Gasteiger partial charge is 0.386 e. The molecule has 1 atom stereocenters. The second-order valence-electron chi connectivity index (χ2n) is 6.78. The van der Waals surface area contributed by atoms with E-state index in [1.807, 2.05) is 50.2 Å². The van der Waals surface area contributed by atoms with E-state index in [1.54, 1.807) is 6.07 Å². The molecule has 6 nitrogen and oxygen atoms in total. The molecule has 2 aromatic heterocycles. The van der Waals surface area contributed by atoms with Gasteiger partial charge in [0, 0.05) is 37.4 Å². The lowest BCUT2D eigenvalue weighted by Crippen LogP contribution is -2.39. The number of benzene rings is 1. The van der Waals surface area contributed by atoms with Crippen LogP contribution in [0.25, 0.3) is 10.9 Å². The van der Waals surface area contributed by atoms with E-state index in [1.165, 1.54) is 11.3 Å². The van der Waals surface area contributed by atoms with Gasteiger partial charge < -0.3 is 20.6 Å². The maximum atomic E-state index is 10.4. The number of hydrogen-bond donors (Lipinski definition) is 3. The van der Waals surface area contributed by atoms with Gasteiger partial charge in [-0.1, -0.05) is 29.8 Å². The number of aliphatic hydroxyl groups excluding tert-OH is 1. The molecule has 0 fully saturated rings. The third-order valence-corrected chi connectivity index (χ3v) is 5.72. The van der Waals surface area contributed by atoms with Gasteiger partial charge in [-0.15, -0.1) is 35.3 Å². The van der Waals surface area contributed by atoms with E-state index in [0.717, 1.165) is 33.7 Å². The van der Waals surface area contributed by atoms with E-state index in [4.69, 9.17) is 21.6 Å². The van der Waals surface area contributed by atoms with Crippen LogP contribution in [0.5, 0.6) is 0 Å². The standard InChI is InChI=1S/C21H26ClN5OS.HI/c1-4-23-21(25-13-17(28)18-9-10-19(22)29-18)24-12-14-11-20(27(2)3)26-16-8-6-5-7-15(14)16;/h5-11,17,28H,4,12-13H2,1-3H3,(H2,23,24,25);1H. The number of anilines is 1. The van der Waals surface area contributed by atoms with Crippen molar-refractivity contribution in [1.82, 2.24) is 15.6 Å². The molecule has 162 valence electrons. The van der Waals surface area contributed by atoms with Crippen molar-refractivity contribution in [3.05, 3.63) is 57.2 Å². The number of halogens is 2. The summed E-state index contributed by atoms with van der Waals surface area (Å²) in [4.78, 5) is 12.2. The molecule has 0 radical (unpaired) electrons. The minimum absolute atomic E-state index is 0. The number of aliphatic hydroxyl groups is 1. The van der Waals surface area contributed by atoms with Crippen LogP contribution < -0.4 is 15.5 Å². The minimum Gasteiger partial charge on any atom is -0.386 e. The van der Waals surface area contributed by atoms with Crippen molar-refractivity contribution in [2.45, 2.75) is 19.6 Å². The summed E-state index contributed by atoms with van der Waals surface area (Å²) in [5.41, 5.74) is 2.05. The number of fused-ring (bicyclic) bond motifs is 1. The zero-order chi connectivity index (χ0) is 20.8. The number of para-hydroxylation sites is 1. The van der Waals surface area contributed by atoms with Crippen LogP contribution >= 0.6 is 46.9 Å². The number of pyridine rings is 1. The normalized spacial score (nSPS) is 12.4. The van der Waals surface area contributed by atoms with Crippen LogP contribution in [0.4, 0.5) is 5.82 Å². The number of guanidine groups is 1. The van der Waals surface area contributed by atoms with E-state index in [0.29, 0.717) is 23.4 Å². The third-order valence-electron chi connectivity index (χ3n) is 4.38. The molecule has 3 N–H and O–H groups in total. The van der Waals surface area contributed by atoms with Crippen molar-refractivity contribution in [1.29, 1.82) is 0 Å². The van der Waals surface area contributed by atoms with Crippen molar-refractivity contribution >= 4 is 69.6 Å². The molecule has 1 aromatic carbocycles. The molecule has 0 aliphatic heterocycles. The molecule has 30 heavy (non-hydrogen) atoms. The molecule has 0 aliphatic carbocycles. The van der Waals surface area contributed by atoms with Crippen LogP contribution in [0.3, 0.4) is 0 Å². The van der Waals surface area contributed by atoms with Crippen molar-refractivity contribution in [3.8, 4) is 0 Å². The fourth-order valence-corrected chi connectivity index (χ4v) is 3.95. The highest BCUT2D eigenvalue weighted by Crippen LogP contribution is 2.26. The van der Waals surface area contributed by atoms with Crippen LogP contribution in [-0.4, -0.2) is 43.2 Å². The Morgan fingerprint density at radius 1 is 1.23 bits per heavy atom. The van der Waals surface area contributed by atoms with Crippen LogP contribution in [0.1, 0.15) is 23.5 Å². The second kappa shape index (κ2) is 11.7. The Kier molecular flexibility index (Phi) is 9.60. The Morgan fingerprint density at radius 3 is 2.67 bits per heavy atom. The smallest absolute Gasteiger partial charge is 0.191 e. The molecular weight excluding hydrogens is 533 g/mol. The predicted octanol–water partition coefficient (Wildman–Crippen LogP) is 4.42. The number of aromatic nitrogens is 1. The number of aliphatic imine (C=N–C) groups is 1. The molecule has 2 heterocycles. The molecule has 0 amide bonds. The van der Waals surface area contributed by atoms with Gasteiger partial charge in [0.1, 0.15) is 11.9 Å². The molecule has 0 bridgehead atoms. The summed E-state index contributed by atoms with van der Waals surface area (Å²) in [6.07, 6.45) is -0.640. The van der Waals surface area contributed by atoms with Crippen LogP contribution in [0, 0.1) is 0 Å². The fourth-order valence-electron chi connectivity index (χ4n) is 2.90. The van der Waals surface area contributed by atoms with Gasteiger partial charge in [0.05, 0.1) is 16.4 Å². The maximum Gasteiger partial charge on any atom is 0.191 e. The van der Waals surface area contributed by atoms with Gasteiger partial charge in [-0.05, 0) is 36.8 Å². The minimum atomic E-state index is -0.640. The lowest BCUT2D eigenvalue weighted by atomic mass is 10.1. The van der Waals surface area contributed by atoms with E-state index in [2.05, 4.69) is 22.8 Å². The Bertz CT molecular complexity index is 994. The van der Waals surface area contributed by atoms with Crippen LogP contribution in [0.15, 0.2) is 47.5 Å². The van der Waals surface area contributed by atoms with E-state index < -0.39 is 6.10 Å². The van der Waals surface area contributed by atoms with Gasteiger partial charge in [-0.2, -0.15) is 0 Å². The lowest BCUT2D eigenvalue weighted by Gasteiger charge is -2.16. The first-order valence-corrected chi connectivity index (χ1v) is 10.7. The highest BCUT2D eigenvalue weighted by molar-refractivity contribution is 14.0. The highest BCUT2D eigenvalue weighted by atomic mass is 127. The Morgan fingerprint density at radius 2 is 2.00 bits per heavy atom. The van der Waals surface area contributed by atoms with Crippen molar-refractivity contribution in [3.63, 3.8) is 0 Å². The second-order valence-corrected chi connectivity index (χ2v) is 8.53. The van der Waals surface area contributed by atoms with Crippen molar-refractivity contribution in [2.24, 2.45) is 4.99 Å². The Labute approximate surface area is 203 Å². The predicted molar refractivity (Wildman–Crippen MR) is 139 cm³/mol. The molecule has 3 aromatic rings. The molecule has 9 heteroatoms. The first kappa shape index (κ1) is 24.6. The SMILES string of the molecule is CCNC(=NCc1cc(N(C)C)nc2ccccc12)NCC(O)c1ccc(Cl)s1.I. The fraction of sp³-hybridized carbons (Fsp3) is 0.333. The van der Waals surface area contributed by atoms with Crippen LogP contribution in [-0.2, 0) is 6.54 Å². The quantitative estimate of drug-likeness (QED) is 0.227. The first-order valence-electron chi connectivity index (χ1n) is 9.49. The summed E-state index contributed by atoms with van der Waals surface area (Å²) >= 11 is 7.34. The third kappa shape index (κ3) is 6.44. The molecule has 0 aliphatic rings. The number of hydrogen-bond acceptors (Lipinski definition) is 5. The maximum absolute atomic E-state index is 10.4. The number of nitrogens with zero attached hydrogens (tertiary/aromatic N) is 3. The summed E-state index contributed by atoms with van der Waals surface area (Å²) in [7, 11) is 3.96. The lowest BCUT2D eigenvalue weighted by molar-refractivity contribution is 0.184. The van der Waals surface area contributed by atoms with E-state index in [-0.39, 0.29) is 24.0 Å². The van der Waals surface area contributed by atoms with Gasteiger partial charge in [-0.25, -0.2) is 9.98 Å². The van der Waals surface area contributed by atoms with Gasteiger partial charge in [0.2, 0.25) is 0 Å². The Balaban J connectivity index is 0.00000320. The summed E-state index contributed by atoms with van der Waals surface area (Å²) in [6, 6.07) is 13.8. The van der Waals surface area contributed by atoms with E-state index >= 15 is 0 Å². The highest BCUT2D eigenvalue weighted by Gasteiger charge is 2.12. The van der Waals surface area contributed by atoms with E-state index in [9.17, 15) is 5.11 Å².